The van der Waals surface area contributed by atoms with E-state index < -0.39 is 0 Å². The number of aryl methyl sites for hydroxylation is 2. The molecule has 0 saturated carbocycles. The molecule has 1 aromatic heterocycles. The fourth-order valence-corrected chi connectivity index (χ4v) is 2.63. The highest BCUT2D eigenvalue weighted by molar-refractivity contribution is 5.79. The molecule has 2 N–H and O–H groups in total. The zero-order valence-electron chi connectivity index (χ0n) is 16.1. The Bertz CT molecular complexity index is 712. The summed E-state index contributed by atoms with van der Waals surface area (Å²) in [6.07, 6.45) is 0. The molecule has 0 radical (unpaired) electrons. The largest absolute Gasteiger partial charge is 0.382 e. The summed E-state index contributed by atoms with van der Waals surface area (Å²) in [4.78, 5) is 4.25. The average molecular weight is 359 g/mol. The van der Waals surface area contributed by atoms with Crippen molar-refractivity contribution in [2.45, 2.75) is 20.4 Å². The van der Waals surface area contributed by atoms with Gasteiger partial charge < -0.3 is 20.1 Å². The summed E-state index contributed by atoms with van der Waals surface area (Å²) in [7, 11) is 3.42. The molecule has 2 rings (SSSR count). The summed E-state index contributed by atoms with van der Waals surface area (Å²) in [6, 6.07) is 10.3. The fourth-order valence-electron chi connectivity index (χ4n) is 2.63. The van der Waals surface area contributed by atoms with Crippen LogP contribution in [0.15, 0.2) is 35.3 Å². The standard InChI is InChI=1S/C19H29N5O2/c1-15-13-16(2)24(23-15)18-8-6-5-7-17(18)14-22-19(20-3)21-9-10-26-12-11-25-4/h5-8,13H,9-12,14H2,1-4H3,(H2,20,21,22). The van der Waals surface area contributed by atoms with E-state index in [4.69, 9.17) is 9.47 Å². The molecule has 7 heteroatoms. The number of nitrogens with zero attached hydrogens (tertiary/aromatic N) is 3. The molecule has 0 aliphatic heterocycles. The van der Waals surface area contributed by atoms with E-state index in [9.17, 15) is 0 Å². The van der Waals surface area contributed by atoms with Gasteiger partial charge in [-0.1, -0.05) is 18.2 Å². The van der Waals surface area contributed by atoms with Crippen LogP contribution in [-0.2, 0) is 16.0 Å². The lowest BCUT2D eigenvalue weighted by atomic mass is 10.1. The maximum atomic E-state index is 5.44. The Morgan fingerprint density at radius 2 is 1.96 bits per heavy atom. The van der Waals surface area contributed by atoms with Gasteiger partial charge in [0.15, 0.2) is 5.96 Å². The van der Waals surface area contributed by atoms with Crippen molar-refractivity contribution >= 4 is 5.96 Å². The second-order valence-corrected chi connectivity index (χ2v) is 5.93. The zero-order chi connectivity index (χ0) is 18.8. The molecule has 0 atom stereocenters. The van der Waals surface area contributed by atoms with E-state index in [1.54, 1.807) is 14.2 Å². The van der Waals surface area contributed by atoms with Crippen LogP contribution in [0.4, 0.5) is 0 Å². The summed E-state index contributed by atoms with van der Waals surface area (Å²) in [5.74, 6) is 0.739. The van der Waals surface area contributed by atoms with Gasteiger partial charge in [-0.25, -0.2) is 4.68 Å². The molecule has 2 aromatic rings. The second kappa shape index (κ2) is 10.6. The predicted octanol–water partition coefficient (Wildman–Crippen LogP) is 1.82. The number of nitrogens with one attached hydrogen (secondary N) is 2. The third-order valence-electron chi connectivity index (χ3n) is 3.87. The first kappa shape index (κ1) is 19.9. The van der Waals surface area contributed by atoms with Crippen LogP contribution in [0.1, 0.15) is 17.0 Å². The van der Waals surface area contributed by atoms with Gasteiger partial charge in [-0.15, -0.1) is 0 Å². The van der Waals surface area contributed by atoms with Gasteiger partial charge in [-0.05, 0) is 31.5 Å². The number of hydrogen-bond acceptors (Lipinski definition) is 4. The number of methoxy groups -OCH3 is 1. The lowest BCUT2D eigenvalue weighted by molar-refractivity contribution is 0.0733. The molecule has 0 spiro atoms. The molecular weight excluding hydrogens is 330 g/mol. The van der Waals surface area contributed by atoms with Gasteiger partial charge in [-0.3, -0.25) is 4.99 Å². The van der Waals surface area contributed by atoms with E-state index in [2.05, 4.69) is 45.8 Å². The number of ether oxygens (including phenoxy) is 2. The van der Waals surface area contributed by atoms with Crippen LogP contribution in [0.3, 0.4) is 0 Å². The SMILES string of the molecule is CN=C(NCCOCCOC)NCc1ccccc1-n1nc(C)cc1C. The molecule has 1 heterocycles. The molecule has 0 unspecified atom stereocenters. The molecule has 26 heavy (non-hydrogen) atoms. The minimum Gasteiger partial charge on any atom is -0.382 e. The number of benzene rings is 1. The maximum absolute atomic E-state index is 5.44. The van der Waals surface area contributed by atoms with Crippen LogP contribution >= 0.6 is 0 Å². The van der Waals surface area contributed by atoms with Gasteiger partial charge in [-0.2, -0.15) is 5.10 Å². The van der Waals surface area contributed by atoms with Gasteiger partial charge in [0.2, 0.25) is 0 Å². The highest BCUT2D eigenvalue weighted by Gasteiger charge is 2.09. The monoisotopic (exact) mass is 359 g/mol. The second-order valence-electron chi connectivity index (χ2n) is 5.93. The van der Waals surface area contributed by atoms with Crippen molar-refractivity contribution in [3.05, 3.63) is 47.3 Å². The Balaban J connectivity index is 1.91. The van der Waals surface area contributed by atoms with E-state index in [1.165, 1.54) is 0 Å². The van der Waals surface area contributed by atoms with Gasteiger partial charge in [0.05, 0.1) is 31.2 Å². The van der Waals surface area contributed by atoms with Crippen molar-refractivity contribution < 1.29 is 9.47 Å². The summed E-state index contributed by atoms with van der Waals surface area (Å²) in [5.41, 5.74) is 4.35. The van der Waals surface area contributed by atoms with E-state index in [0.29, 0.717) is 32.9 Å². The number of aromatic nitrogens is 2. The molecule has 0 fully saturated rings. The first-order valence-corrected chi connectivity index (χ1v) is 8.78. The van der Waals surface area contributed by atoms with Crippen molar-refractivity contribution in [1.29, 1.82) is 0 Å². The molecule has 0 aliphatic carbocycles. The van der Waals surface area contributed by atoms with Crippen molar-refractivity contribution in [3.8, 4) is 5.69 Å². The van der Waals surface area contributed by atoms with Crippen LogP contribution in [0.25, 0.3) is 5.69 Å². The van der Waals surface area contributed by atoms with Crippen molar-refractivity contribution in [2.24, 2.45) is 4.99 Å². The lowest BCUT2D eigenvalue weighted by Crippen LogP contribution is -2.38. The number of aliphatic imine (C=N–C) groups is 1. The van der Waals surface area contributed by atoms with Gasteiger partial charge in [0, 0.05) is 32.9 Å². The molecule has 0 aliphatic rings. The predicted molar refractivity (Wildman–Crippen MR) is 104 cm³/mol. The third-order valence-corrected chi connectivity index (χ3v) is 3.87. The quantitative estimate of drug-likeness (QED) is 0.406. The number of hydrogen-bond donors (Lipinski definition) is 2. The molecule has 1 aromatic carbocycles. The molecular formula is C19H29N5O2. The summed E-state index contributed by atoms with van der Waals surface area (Å²) in [5, 5.41) is 11.2. The molecule has 142 valence electrons. The van der Waals surface area contributed by atoms with Crippen LogP contribution in [0.2, 0.25) is 0 Å². The minimum absolute atomic E-state index is 0.597. The van der Waals surface area contributed by atoms with Crippen LogP contribution in [-0.4, -0.2) is 56.3 Å². The van der Waals surface area contributed by atoms with Crippen molar-refractivity contribution in [1.82, 2.24) is 20.4 Å². The summed E-state index contributed by atoms with van der Waals surface area (Å²) >= 11 is 0. The third kappa shape index (κ3) is 5.86. The van der Waals surface area contributed by atoms with E-state index in [1.807, 2.05) is 23.7 Å². The van der Waals surface area contributed by atoms with Crippen molar-refractivity contribution in [2.75, 3.05) is 40.5 Å². The number of rotatable bonds is 9. The van der Waals surface area contributed by atoms with E-state index in [-0.39, 0.29) is 0 Å². The van der Waals surface area contributed by atoms with Gasteiger partial charge >= 0.3 is 0 Å². The Morgan fingerprint density at radius 3 is 2.65 bits per heavy atom. The lowest BCUT2D eigenvalue weighted by Gasteiger charge is -2.15. The Kier molecular flexibility index (Phi) is 8.11. The Morgan fingerprint density at radius 1 is 1.15 bits per heavy atom. The fraction of sp³-hybridized carbons (Fsp3) is 0.474. The Hall–Kier alpha value is -2.38. The normalized spacial score (nSPS) is 11.6. The molecule has 0 bridgehead atoms. The van der Waals surface area contributed by atoms with Crippen LogP contribution in [0.5, 0.6) is 0 Å². The van der Waals surface area contributed by atoms with Crippen molar-refractivity contribution in [3.63, 3.8) is 0 Å². The molecule has 0 amide bonds. The maximum Gasteiger partial charge on any atom is 0.191 e. The van der Waals surface area contributed by atoms with Gasteiger partial charge in [0.1, 0.15) is 0 Å². The molecule has 0 saturated heterocycles. The van der Waals surface area contributed by atoms with E-state index >= 15 is 0 Å². The number of guanidine groups is 1. The van der Waals surface area contributed by atoms with E-state index in [0.717, 1.165) is 28.6 Å². The zero-order valence-corrected chi connectivity index (χ0v) is 16.1. The molecule has 7 nitrogen and oxygen atoms in total. The highest BCUT2D eigenvalue weighted by atomic mass is 16.5. The smallest absolute Gasteiger partial charge is 0.191 e. The first-order chi connectivity index (χ1) is 12.7. The Labute approximate surface area is 155 Å². The minimum atomic E-state index is 0.597. The first-order valence-electron chi connectivity index (χ1n) is 8.78. The summed E-state index contributed by atoms with van der Waals surface area (Å²) in [6.45, 7) is 7.21. The topological polar surface area (TPSA) is 72.7 Å². The summed E-state index contributed by atoms with van der Waals surface area (Å²) < 4.78 is 12.4. The average Bonchev–Trinajstić information content (AvgIpc) is 2.99. The van der Waals surface area contributed by atoms with Crippen LogP contribution < -0.4 is 10.6 Å². The highest BCUT2D eigenvalue weighted by Crippen LogP contribution is 2.16. The van der Waals surface area contributed by atoms with Crippen LogP contribution in [0, 0.1) is 13.8 Å². The number of para-hydroxylation sites is 1. The van der Waals surface area contributed by atoms with Gasteiger partial charge in [0.25, 0.3) is 0 Å².